The highest BCUT2D eigenvalue weighted by Crippen LogP contribution is 2.29. The Balaban J connectivity index is 0.000000518. The van der Waals surface area contributed by atoms with Crippen molar-refractivity contribution in [2.24, 2.45) is 5.92 Å². The predicted molar refractivity (Wildman–Crippen MR) is 136 cm³/mol. The summed E-state index contributed by atoms with van der Waals surface area (Å²) in [5.74, 6) is -0.324. The van der Waals surface area contributed by atoms with Crippen LogP contribution in [0.25, 0.3) is 11.1 Å². The van der Waals surface area contributed by atoms with Gasteiger partial charge in [0, 0.05) is 12.1 Å². The summed E-state index contributed by atoms with van der Waals surface area (Å²) >= 11 is 0. The van der Waals surface area contributed by atoms with Gasteiger partial charge in [-0.15, -0.1) is 0 Å². The van der Waals surface area contributed by atoms with Crippen molar-refractivity contribution < 1.29 is 19.8 Å². The third-order valence-electron chi connectivity index (χ3n) is 5.35. The van der Waals surface area contributed by atoms with E-state index in [2.05, 4.69) is 31.3 Å². The Morgan fingerprint density at radius 2 is 1.48 bits per heavy atom. The summed E-state index contributed by atoms with van der Waals surface area (Å²) < 4.78 is 0. The highest BCUT2D eigenvalue weighted by atomic mass is 16.4. The molecule has 1 unspecified atom stereocenters. The molecule has 1 aliphatic rings. The lowest BCUT2D eigenvalue weighted by atomic mass is 9.99. The summed E-state index contributed by atoms with van der Waals surface area (Å²) in [4.78, 5) is 21.7. The van der Waals surface area contributed by atoms with Crippen LogP contribution in [0.3, 0.4) is 0 Å². The van der Waals surface area contributed by atoms with Gasteiger partial charge in [0.05, 0.1) is 0 Å². The Hall–Kier alpha value is -2.66. The Bertz CT molecular complexity index is 783. The first kappa shape index (κ1) is 28.4. The molecule has 2 aromatic rings. The maximum atomic E-state index is 12.1. The van der Waals surface area contributed by atoms with E-state index in [-0.39, 0.29) is 5.91 Å². The number of anilines is 1. The molecule has 1 atom stereocenters. The fraction of sp³-hybridized carbons (Fsp3) is 0.500. The van der Waals surface area contributed by atoms with Crippen LogP contribution in [-0.2, 0) is 9.59 Å². The highest BCUT2D eigenvalue weighted by molar-refractivity contribution is 5.94. The van der Waals surface area contributed by atoms with Gasteiger partial charge in [-0.05, 0) is 48.4 Å². The molecule has 1 fully saturated rings. The van der Waals surface area contributed by atoms with Gasteiger partial charge in [0.25, 0.3) is 5.91 Å². The fourth-order valence-electron chi connectivity index (χ4n) is 3.64. The molecule has 5 heteroatoms. The van der Waals surface area contributed by atoms with Gasteiger partial charge in [-0.2, -0.15) is 0 Å². The number of aliphatic hydroxyl groups excluding tert-OH is 1. The van der Waals surface area contributed by atoms with Crippen molar-refractivity contribution in [1.82, 2.24) is 0 Å². The molecule has 0 saturated heterocycles. The van der Waals surface area contributed by atoms with Gasteiger partial charge in [-0.1, -0.05) is 95.3 Å². The number of benzene rings is 2. The van der Waals surface area contributed by atoms with Crippen LogP contribution in [0.2, 0.25) is 0 Å². The fourth-order valence-corrected chi connectivity index (χ4v) is 3.64. The van der Waals surface area contributed by atoms with Crippen molar-refractivity contribution in [1.29, 1.82) is 0 Å². The largest absolute Gasteiger partial charge is 0.481 e. The van der Waals surface area contributed by atoms with E-state index in [0.717, 1.165) is 29.7 Å². The Morgan fingerprint density at radius 3 is 1.97 bits per heavy atom. The van der Waals surface area contributed by atoms with Crippen molar-refractivity contribution in [3.8, 4) is 11.1 Å². The molecule has 3 N–H and O–H groups in total. The summed E-state index contributed by atoms with van der Waals surface area (Å²) in [6, 6.07) is 17.8. The van der Waals surface area contributed by atoms with Crippen LogP contribution in [0, 0.1) is 5.92 Å². The summed E-state index contributed by atoms with van der Waals surface area (Å²) in [7, 11) is 0. The lowest BCUT2D eigenvalue weighted by Crippen LogP contribution is -2.28. The molecule has 0 heterocycles. The van der Waals surface area contributed by atoms with E-state index in [4.69, 9.17) is 5.11 Å². The molecule has 1 amide bonds. The molecule has 2 aromatic carbocycles. The molecule has 5 nitrogen and oxygen atoms in total. The minimum atomic E-state index is -0.917. The number of amides is 1. The molecule has 1 aliphatic carbocycles. The molecule has 1 saturated carbocycles. The molecule has 33 heavy (non-hydrogen) atoms. The highest BCUT2D eigenvalue weighted by Gasteiger charge is 2.20. The number of rotatable bonds is 8. The zero-order valence-electron chi connectivity index (χ0n) is 20.4. The summed E-state index contributed by atoms with van der Waals surface area (Å²) in [5.41, 5.74) is 2.97. The number of hydrogen-bond acceptors (Lipinski definition) is 3. The average molecular weight is 456 g/mol. The Morgan fingerprint density at radius 1 is 0.939 bits per heavy atom. The minimum absolute atomic E-state index is 0.292. The lowest BCUT2D eigenvalue weighted by Gasteiger charge is -2.14. The van der Waals surface area contributed by atoms with Gasteiger partial charge in [0.2, 0.25) is 0 Å². The number of hydrogen-bond donors (Lipinski definition) is 3. The number of carboxylic acids is 1. The van der Waals surface area contributed by atoms with E-state index in [1.807, 2.05) is 49.4 Å². The van der Waals surface area contributed by atoms with E-state index in [0.29, 0.717) is 18.8 Å². The average Bonchev–Trinajstić information content (AvgIpc) is 3.33. The first-order valence-corrected chi connectivity index (χ1v) is 12.3. The van der Waals surface area contributed by atoms with Crippen LogP contribution in [0.5, 0.6) is 0 Å². The standard InChI is InChI=1S/C21H25NO2.C4H8O2.C3H8/c23-20(15-10-16-6-4-5-7-16)21(24)22-19-13-11-18(12-14-19)17-8-2-1-3-9-17;1-2-3-4(5)6;1-3-2/h1-3,8-9,11-14,16,20,23H,4-7,10,15H2,(H,22,24);2-3H2,1H3,(H,5,6);3H2,1-2H3. The maximum Gasteiger partial charge on any atom is 0.303 e. The second kappa shape index (κ2) is 16.9. The summed E-state index contributed by atoms with van der Waals surface area (Å²) in [6.07, 6.45) is 7.93. The van der Waals surface area contributed by atoms with Crippen LogP contribution >= 0.6 is 0 Å². The predicted octanol–water partition coefficient (Wildman–Crippen LogP) is 6.91. The van der Waals surface area contributed by atoms with Crippen LogP contribution in [0.1, 0.15) is 78.6 Å². The van der Waals surface area contributed by atoms with Gasteiger partial charge in [0.15, 0.2) is 0 Å². The number of nitrogens with one attached hydrogen (secondary N) is 1. The van der Waals surface area contributed by atoms with Crippen LogP contribution in [-0.4, -0.2) is 28.2 Å². The van der Waals surface area contributed by atoms with Gasteiger partial charge in [-0.3, -0.25) is 9.59 Å². The maximum absolute atomic E-state index is 12.1. The zero-order valence-corrected chi connectivity index (χ0v) is 20.4. The number of carbonyl (C=O) groups is 2. The van der Waals surface area contributed by atoms with E-state index in [9.17, 15) is 14.7 Å². The monoisotopic (exact) mass is 455 g/mol. The van der Waals surface area contributed by atoms with Crippen molar-refractivity contribution in [3.63, 3.8) is 0 Å². The molecule has 0 bridgehead atoms. The second-order valence-corrected chi connectivity index (χ2v) is 8.53. The lowest BCUT2D eigenvalue weighted by molar-refractivity contribution is -0.137. The third-order valence-corrected chi connectivity index (χ3v) is 5.35. The molecule has 0 aromatic heterocycles. The summed E-state index contributed by atoms with van der Waals surface area (Å²) in [5, 5.41) is 20.8. The Kier molecular flexibility index (Phi) is 14.5. The molecule has 0 radical (unpaired) electrons. The Labute approximate surface area is 199 Å². The van der Waals surface area contributed by atoms with Crippen molar-refractivity contribution in [3.05, 3.63) is 54.6 Å². The third kappa shape index (κ3) is 12.2. The van der Waals surface area contributed by atoms with Crippen LogP contribution in [0.15, 0.2) is 54.6 Å². The molecular formula is C28H41NO4. The number of carbonyl (C=O) groups excluding carboxylic acids is 1. The second-order valence-electron chi connectivity index (χ2n) is 8.53. The van der Waals surface area contributed by atoms with E-state index < -0.39 is 12.1 Å². The number of aliphatic hydroxyl groups is 1. The molecular weight excluding hydrogens is 414 g/mol. The minimum Gasteiger partial charge on any atom is -0.481 e. The SMILES string of the molecule is CCC.CCCC(=O)O.O=C(Nc1ccc(-c2ccccc2)cc1)C(O)CCC1CCCC1. The van der Waals surface area contributed by atoms with Gasteiger partial charge < -0.3 is 15.5 Å². The normalized spacial score (nSPS) is 13.7. The molecule has 3 rings (SSSR count). The zero-order chi connectivity index (χ0) is 24.5. The number of carboxylic acid groups (broad SMARTS) is 1. The molecule has 182 valence electrons. The molecule has 0 aliphatic heterocycles. The van der Waals surface area contributed by atoms with Crippen molar-refractivity contribution in [2.75, 3.05) is 5.32 Å². The first-order chi connectivity index (χ1) is 15.9. The molecule has 0 spiro atoms. The van der Waals surface area contributed by atoms with Gasteiger partial charge in [-0.25, -0.2) is 0 Å². The first-order valence-electron chi connectivity index (χ1n) is 12.3. The van der Waals surface area contributed by atoms with Crippen molar-refractivity contribution >= 4 is 17.6 Å². The summed E-state index contributed by atoms with van der Waals surface area (Å²) in [6.45, 7) is 6.09. The van der Waals surface area contributed by atoms with Gasteiger partial charge >= 0.3 is 5.97 Å². The van der Waals surface area contributed by atoms with Crippen LogP contribution < -0.4 is 5.32 Å². The smallest absolute Gasteiger partial charge is 0.303 e. The quantitative estimate of drug-likeness (QED) is 0.403. The number of aliphatic carboxylic acids is 1. The van der Waals surface area contributed by atoms with Crippen molar-refractivity contribution in [2.45, 2.75) is 84.7 Å². The van der Waals surface area contributed by atoms with Crippen LogP contribution in [0.4, 0.5) is 5.69 Å². The van der Waals surface area contributed by atoms with E-state index in [1.54, 1.807) is 0 Å². The van der Waals surface area contributed by atoms with E-state index >= 15 is 0 Å². The topological polar surface area (TPSA) is 86.6 Å². The van der Waals surface area contributed by atoms with Gasteiger partial charge in [0.1, 0.15) is 6.10 Å². The van der Waals surface area contributed by atoms with E-state index in [1.165, 1.54) is 32.1 Å².